The third-order valence-corrected chi connectivity index (χ3v) is 4.09. The van der Waals surface area contributed by atoms with Gasteiger partial charge < -0.3 is 19.8 Å². The SMILES string of the molecule is O=C(NC[C@H]1COc2ccccc2O1)c1c[nH]c2ccccc2c1=O. The van der Waals surface area contributed by atoms with E-state index < -0.39 is 5.91 Å². The Balaban J connectivity index is 1.47. The van der Waals surface area contributed by atoms with Crippen LogP contribution >= 0.6 is 0 Å². The van der Waals surface area contributed by atoms with Gasteiger partial charge in [-0.2, -0.15) is 0 Å². The molecule has 6 heteroatoms. The Labute approximate surface area is 143 Å². The largest absolute Gasteiger partial charge is 0.486 e. The first-order valence-corrected chi connectivity index (χ1v) is 7.99. The maximum Gasteiger partial charge on any atom is 0.256 e. The molecule has 0 saturated heterocycles. The van der Waals surface area contributed by atoms with Gasteiger partial charge in [0.1, 0.15) is 18.3 Å². The standard InChI is InChI=1S/C19H16N2O4/c22-18-13-5-1-2-6-15(13)20-10-14(18)19(23)21-9-12-11-24-16-7-3-4-8-17(16)25-12/h1-8,10,12H,9,11H2,(H,20,22)(H,21,23)/t12-/m0/s1. The van der Waals surface area contributed by atoms with Gasteiger partial charge >= 0.3 is 0 Å². The highest BCUT2D eigenvalue weighted by atomic mass is 16.6. The van der Waals surface area contributed by atoms with Crippen LogP contribution in [0, 0.1) is 0 Å². The zero-order valence-electron chi connectivity index (χ0n) is 13.3. The molecule has 1 atom stereocenters. The molecule has 0 aliphatic carbocycles. The number of hydrogen-bond acceptors (Lipinski definition) is 4. The van der Waals surface area contributed by atoms with Gasteiger partial charge in [0.05, 0.1) is 6.54 Å². The number of nitrogens with one attached hydrogen (secondary N) is 2. The number of benzene rings is 2. The van der Waals surface area contributed by atoms with Gasteiger partial charge in [0.15, 0.2) is 11.5 Å². The molecule has 0 radical (unpaired) electrons. The molecule has 0 fully saturated rings. The quantitative estimate of drug-likeness (QED) is 0.767. The van der Waals surface area contributed by atoms with Crippen molar-refractivity contribution in [1.82, 2.24) is 10.3 Å². The van der Waals surface area contributed by atoms with E-state index >= 15 is 0 Å². The van der Waals surface area contributed by atoms with Crippen LogP contribution in [0.3, 0.4) is 0 Å². The molecule has 4 rings (SSSR count). The number of fused-ring (bicyclic) bond motifs is 2. The summed E-state index contributed by atoms with van der Waals surface area (Å²) in [5.41, 5.74) is 0.485. The van der Waals surface area contributed by atoms with Crippen molar-refractivity contribution in [1.29, 1.82) is 0 Å². The number of aromatic nitrogens is 1. The summed E-state index contributed by atoms with van der Waals surface area (Å²) in [7, 11) is 0. The molecule has 1 aliphatic rings. The zero-order chi connectivity index (χ0) is 17.2. The summed E-state index contributed by atoms with van der Waals surface area (Å²) in [5.74, 6) is 0.905. The number of carbonyl (C=O) groups is 1. The number of aromatic amines is 1. The highest BCUT2D eigenvalue weighted by Crippen LogP contribution is 2.30. The molecule has 1 aliphatic heterocycles. The highest BCUT2D eigenvalue weighted by Gasteiger charge is 2.22. The second-order valence-electron chi connectivity index (χ2n) is 5.78. The summed E-state index contributed by atoms with van der Waals surface area (Å²) >= 11 is 0. The molecule has 2 N–H and O–H groups in total. The van der Waals surface area contributed by atoms with Crippen molar-refractivity contribution < 1.29 is 14.3 Å². The Morgan fingerprint density at radius 2 is 1.88 bits per heavy atom. The minimum absolute atomic E-state index is 0.0795. The van der Waals surface area contributed by atoms with Crippen molar-refractivity contribution in [3.05, 3.63) is 70.5 Å². The van der Waals surface area contributed by atoms with E-state index in [2.05, 4.69) is 10.3 Å². The molecule has 6 nitrogen and oxygen atoms in total. The molecule has 0 unspecified atom stereocenters. The average Bonchev–Trinajstić information content (AvgIpc) is 2.66. The van der Waals surface area contributed by atoms with Crippen molar-refractivity contribution in [2.45, 2.75) is 6.10 Å². The van der Waals surface area contributed by atoms with Crippen molar-refractivity contribution in [2.24, 2.45) is 0 Å². The first kappa shape index (κ1) is 15.3. The van der Waals surface area contributed by atoms with Gasteiger partial charge in [-0.15, -0.1) is 0 Å². The molecule has 2 heterocycles. The summed E-state index contributed by atoms with van der Waals surface area (Å²) in [6, 6.07) is 14.5. The first-order chi connectivity index (χ1) is 12.2. The molecule has 1 aromatic heterocycles. The fourth-order valence-electron chi connectivity index (χ4n) is 2.80. The Kier molecular flexibility index (Phi) is 3.85. The van der Waals surface area contributed by atoms with Crippen LogP contribution in [0.2, 0.25) is 0 Å². The normalized spacial score (nSPS) is 15.8. The van der Waals surface area contributed by atoms with Gasteiger partial charge in [-0.3, -0.25) is 9.59 Å². The van der Waals surface area contributed by atoms with Gasteiger partial charge in [0.2, 0.25) is 5.43 Å². The highest BCUT2D eigenvalue weighted by molar-refractivity contribution is 5.97. The van der Waals surface area contributed by atoms with Crippen LogP contribution in [0.1, 0.15) is 10.4 Å². The van der Waals surface area contributed by atoms with E-state index in [0.717, 1.165) is 0 Å². The number of amides is 1. The fraction of sp³-hybridized carbons (Fsp3) is 0.158. The fourth-order valence-corrected chi connectivity index (χ4v) is 2.80. The monoisotopic (exact) mass is 336 g/mol. The number of hydrogen-bond donors (Lipinski definition) is 2. The van der Waals surface area contributed by atoms with E-state index in [0.29, 0.717) is 29.0 Å². The third kappa shape index (κ3) is 2.94. The number of rotatable bonds is 3. The number of ether oxygens (including phenoxy) is 2. The topological polar surface area (TPSA) is 80.4 Å². The molecular formula is C19H16N2O4. The van der Waals surface area contributed by atoms with Crippen LogP contribution in [0.5, 0.6) is 11.5 Å². The molecule has 0 spiro atoms. The average molecular weight is 336 g/mol. The summed E-state index contributed by atoms with van der Waals surface area (Å²) in [5, 5.41) is 3.23. The Bertz CT molecular complexity index is 996. The second-order valence-corrected chi connectivity index (χ2v) is 5.78. The van der Waals surface area contributed by atoms with E-state index in [1.165, 1.54) is 6.20 Å². The maximum atomic E-state index is 12.4. The zero-order valence-corrected chi connectivity index (χ0v) is 13.3. The molecule has 0 saturated carbocycles. The van der Waals surface area contributed by atoms with Crippen LogP contribution in [0.25, 0.3) is 10.9 Å². The van der Waals surface area contributed by atoms with Crippen LogP contribution < -0.4 is 20.2 Å². The van der Waals surface area contributed by atoms with Gasteiger partial charge in [0, 0.05) is 17.1 Å². The van der Waals surface area contributed by atoms with Crippen molar-refractivity contribution in [2.75, 3.05) is 13.2 Å². The Morgan fingerprint density at radius 1 is 1.12 bits per heavy atom. The van der Waals surface area contributed by atoms with Crippen molar-refractivity contribution >= 4 is 16.8 Å². The van der Waals surface area contributed by atoms with Crippen LogP contribution in [0.4, 0.5) is 0 Å². The van der Waals surface area contributed by atoms with Crippen LogP contribution in [-0.2, 0) is 0 Å². The molecule has 25 heavy (non-hydrogen) atoms. The first-order valence-electron chi connectivity index (χ1n) is 7.99. The molecule has 0 bridgehead atoms. The number of para-hydroxylation sites is 3. The number of carbonyl (C=O) groups excluding carboxylic acids is 1. The molecule has 126 valence electrons. The Morgan fingerprint density at radius 3 is 2.76 bits per heavy atom. The van der Waals surface area contributed by atoms with E-state index in [-0.39, 0.29) is 23.6 Å². The third-order valence-electron chi connectivity index (χ3n) is 4.09. The van der Waals surface area contributed by atoms with Gasteiger partial charge in [-0.05, 0) is 24.3 Å². The summed E-state index contributed by atoms with van der Waals surface area (Å²) in [6.45, 7) is 0.588. The smallest absolute Gasteiger partial charge is 0.256 e. The predicted octanol–water partition coefficient (Wildman–Crippen LogP) is 2.10. The van der Waals surface area contributed by atoms with Crippen LogP contribution in [0.15, 0.2) is 59.5 Å². The second kappa shape index (κ2) is 6.32. The number of pyridine rings is 1. The molecule has 3 aromatic rings. The lowest BCUT2D eigenvalue weighted by molar-refractivity contribution is 0.0788. The number of H-pyrrole nitrogens is 1. The lowest BCUT2D eigenvalue weighted by Gasteiger charge is -2.26. The molecule has 1 amide bonds. The van der Waals surface area contributed by atoms with E-state index in [1.807, 2.05) is 30.3 Å². The summed E-state index contributed by atoms with van der Waals surface area (Å²) in [4.78, 5) is 27.8. The minimum atomic E-state index is -0.436. The molecule has 2 aromatic carbocycles. The Hall–Kier alpha value is -3.28. The van der Waals surface area contributed by atoms with Gasteiger partial charge in [-0.1, -0.05) is 24.3 Å². The summed E-state index contributed by atoms with van der Waals surface area (Å²) in [6.07, 6.45) is 1.13. The predicted molar refractivity (Wildman–Crippen MR) is 93.3 cm³/mol. The van der Waals surface area contributed by atoms with E-state index in [4.69, 9.17) is 9.47 Å². The molecular weight excluding hydrogens is 320 g/mol. The summed E-state index contributed by atoms with van der Waals surface area (Å²) < 4.78 is 11.4. The van der Waals surface area contributed by atoms with E-state index in [1.54, 1.807) is 18.2 Å². The lowest BCUT2D eigenvalue weighted by Crippen LogP contribution is -2.41. The van der Waals surface area contributed by atoms with E-state index in [9.17, 15) is 9.59 Å². The minimum Gasteiger partial charge on any atom is -0.486 e. The maximum absolute atomic E-state index is 12.4. The lowest BCUT2D eigenvalue weighted by atomic mass is 10.1. The van der Waals surface area contributed by atoms with Crippen molar-refractivity contribution in [3.8, 4) is 11.5 Å². The van der Waals surface area contributed by atoms with Crippen LogP contribution in [-0.4, -0.2) is 30.1 Å². The van der Waals surface area contributed by atoms with Gasteiger partial charge in [-0.25, -0.2) is 0 Å². The van der Waals surface area contributed by atoms with Crippen molar-refractivity contribution in [3.63, 3.8) is 0 Å². The van der Waals surface area contributed by atoms with Gasteiger partial charge in [0.25, 0.3) is 5.91 Å².